The molecule has 0 radical (unpaired) electrons. The Bertz CT molecular complexity index is 1130. The van der Waals surface area contributed by atoms with E-state index in [1.807, 2.05) is 13.8 Å². The van der Waals surface area contributed by atoms with Crippen LogP contribution in [0.15, 0.2) is 66.8 Å². The minimum atomic E-state index is -0.427. The maximum Gasteiger partial charge on any atom is 0.189 e. The first-order chi connectivity index (χ1) is 15.2. The van der Waals surface area contributed by atoms with E-state index in [2.05, 4.69) is 13.2 Å². The first-order valence-corrected chi connectivity index (χ1v) is 9.89. The van der Waals surface area contributed by atoms with E-state index in [9.17, 15) is 15.0 Å². The number of carbonyl (C=O) groups is 1. The number of ketones is 1. The number of phenolic OH excluding ortho intramolecular Hbond substituents is 2. The number of ether oxygens (including phenoxy) is 2. The highest BCUT2D eigenvalue weighted by Crippen LogP contribution is 2.35. The number of allylic oxidation sites excluding steroid dienone is 5. The van der Waals surface area contributed by atoms with Crippen molar-refractivity contribution in [2.75, 3.05) is 14.2 Å². The van der Waals surface area contributed by atoms with E-state index in [0.717, 1.165) is 11.1 Å². The maximum atomic E-state index is 12.8. The summed E-state index contributed by atoms with van der Waals surface area (Å²) in [4.78, 5) is 12.8. The molecule has 2 aromatic rings. The highest BCUT2D eigenvalue weighted by Gasteiger charge is 2.16. The van der Waals surface area contributed by atoms with Crippen molar-refractivity contribution in [3.05, 3.63) is 89.1 Å². The Labute approximate surface area is 188 Å². The molecule has 0 aromatic heterocycles. The van der Waals surface area contributed by atoms with Crippen molar-refractivity contribution in [3.63, 3.8) is 0 Å². The molecule has 0 saturated carbocycles. The Morgan fingerprint density at radius 2 is 1.28 bits per heavy atom. The monoisotopic (exact) mass is 432 g/mol. The zero-order valence-electron chi connectivity index (χ0n) is 18.8. The molecular formula is C27H28O5. The Hall–Kier alpha value is -3.99. The minimum Gasteiger partial charge on any atom is -0.507 e. The fourth-order valence-electron chi connectivity index (χ4n) is 2.91. The van der Waals surface area contributed by atoms with E-state index >= 15 is 0 Å². The van der Waals surface area contributed by atoms with Gasteiger partial charge in [-0.05, 0) is 62.4 Å². The van der Waals surface area contributed by atoms with Crippen LogP contribution in [0.4, 0.5) is 0 Å². The topological polar surface area (TPSA) is 76.0 Å². The summed E-state index contributed by atoms with van der Waals surface area (Å²) in [5.74, 6) is 0.271. The quantitative estimate of drug-likeness (QED) is 0.281. The third kappa shape index (κ3) is 5.79. The van der Waals surface area contributed by atoms with Gasteiger partial charge in [0.15, 0.2) is 5.78 Å². The van der Waals surface area contributed by atoms with Crippen molar-refractivity contribution >= 4 is 24.0 Å². The lowest BCUT2D eigenvalue weighted by Crippen LogP contribution is -1.98. The molecule has 32 heavy (non-hydrogen) atoms. The van der Waals surface area contributed by atoms with Gasteiger partial charge in [-0.25, -0.2) is 0 Å². The number of aromatic hydroxyl groups is 2. The van der Waals surface area contributed by atoms with Crippen molar-refractivity contribution in [2.24, 2.45) is 0 Å². The number of methoxy groups -OCH3 is 2. The minimum absolute atomic E-state index is 0.0325. The van der Waals surface area contributed by atoms with Gasteiger partial charge >= 0.3 is 0 Å². The Morgan fingerprint density at radius 1 is 0.781 bits per heavy atom. The lowest BCUT2D eigenvalue weighted by molar-refractivity contribution is 0.104. The second-order valence-electron chi connectivity index (χ2n) is 7.25. The third-order valence-corrected chi connectivity index (χ3v) is 4.57. The zero-order valence-corrected chi connectivity index (χ0v) is 18.8. The second kappa shape index (κ2) is 10.9. The van der Waals surface area contributed by atoms with Crippen LogP contribution in [-0.2, 0) is 0 Å². The molecule has 166 valence electrons. The van der Waals surface area contributed by atoms with Gasteiger partial charge in [-0.1, -0.05) is 36.5 Å². The van der Waals surface area contributed by atoms with Crippen LogP contribution in [0.2, 0.25) is 0 Å². The van der Waals surface area contributed by atoms with Gasteiger partial charge in [-0.15, -0.1) is 0 Å². The van der Waals surface area contributed by atoms with Crippen LogP contribution in [0.1, 0.15) is 40.9 Å². The predicted molar refractivity (Wildman–Crippen MR) is 130 cm³/mol. The number of benzene rings is 2. The SMILES string of the molecule is C=C(C)C=Cc1c(OC)ccc(C=CC(=O)c2ccc(OC)c(C=CC(=C)C)c2O)c1O. The third-order valence-electron chi connectivity index (χ3n) is 4.57. The van der Waals surface area contributed by atoms with Crippen LogP contribution in [0, 0.1) is 0 Å². The molecule has 0 bridgehead atoms. The predicted octanol–water partition coefficient (Wildman–Crippen LogP) is 6.19. The van der Waals surface area contributed by atoms with Crippen LogP contribution in [0.25, 0.3) is 18.2 Å². The first-order valence-electron chi connectivity index (χ1n) is 9.89. The standard InChI is InChI=1S/C27H28O5/c1-17(2)7-11-21-24(31-5)15-10-19(26(21)29)9-14-23(28)20-13-16-25(32-6)22(27(20)30)12-8-18(3)4/h7-16,29-30H,1,3H2,2,4-6H3. The van der Waals surface area contributed by atoms with Crippen LogP contribution >= 0.6 is 0 Å². The number of hydrogen-bond donors (Lipinski definition) is 2. The summed E-state index contributed by atoms with van der Waals surface area (Å²) < 4.78 is 10.6. The van der Waals surface area contributed by atoms with Gasteiger partial charge in [0, 0.05) is 5.56 Å². The number of hydrogen-bond acceptors (Lipinski definition) is 5. The van der Waals surface area contributed by atoms with E-state index in [-0.39, 0.29) is 17.1 Å². The summed E-state index contributed by atoms with van der Waals surface area (Å²) in [6.45, 7) is 11.3. The lowest BCUT2D eigenvalue weighted by Gasteiger charge is -2.11. The van der Waals surface area contributed by atoms with Gasteiger partial charge < -0.3 is 19.7 Å². The summed E-state index contributed by atoms with van der Waals surface area (Å²) in [5.41, 5.74) is 3.00. The molecule has 0 aliphatic rings. The lowest BCUT2D eigenvalue weighted by atomic mass is 10.0. The summed E-state index contributed by atoms with van der Waals surface area (Å²) in [5, 5.41) is 21.4. The molecule has 0 saturated heterocycles. The Balaban J connectivity index is 2.44. The van der Waals surface area contributed by atoms with E-state index < -0.39 is 5.78 Å². The highest BCUT2D eigenvalue weighted by molar-refractivity contribution is 6.09. The van der Waals surface area contributed by atoms with Gasteiger partial charge in [-0.2, -0.15) is 0 Å². The molecule has 0 spiro atoms. The summed E-state index contributed by atoms with van der Waals surface area (Å²) in [6.07, 6.45) is 9.60. The maximum absolute atomic E-state index is 12.8. The molecule has 0 aliphatic heterocycles. The molecule has 2 aromatic carbocycles. The molecule has 5 nitrogen and oxygen atoms in total. The summed E-state index contributed by atoms with van der Waals surface area (Å²) in [6, 6.07) is 6.45. The number of phenols is 2. The zero-order chi connectivity index (χ0) is 23.8. The Kier molecular flexibility index (Phi) is 8.24. The molecule has 0 aliphatic carbocycles. The van der Waals surface area contributed by atoms with Gasteiger partial charge in [-0.3, -0.25) is 4.79 Å². The molecule has 0 fully saturated rings. The fourth-order valence-corrected chi connectivity index (χ4v) is 2.91. The van der Waals surface area contributed by atoms with Crippen LogP contribution in [-0.4, -0.2) is 30.2 Å². The Morgan fingerprint density at radius 3 is 1.78 bits per heavy atom. The number of rotatable bonds is 9. The average molecular weight is 433 g/mol. The molecule has 0 amide bonds. The van der Waals surface area contributed by atoms with Gasteiger partial charge in [0.25, 0.3) is 0 Å². The summed E-state index contributed by atoms with van der Waals surface area (Å²) >= 11 is 0. The van der Waals surface area contributed by atoms with E-state index in [0.29, 0.717) is 28.2 Å². The molecule has 0 heterocycles. The largest absolute Gasteiger partial charge is 0.507 e. The van der Waals surface area contributed by atoms with Gasteiger partial charge in [0.05, 0.1) is 30.9 Å². The van der Waals surface area contributed by atoms with Crippen LogP contribution in [0.5, 0.6) is 23.0 Å². The first kappa shape index (κ1) is 24.3. The molecule has 2 N–H and O–H groups in total. The van der Waals surface area contributed by atoms with E-state index in [1.165, 1.54) is 32.4 Å². The summed E-state index contributed by atoms with van der Waals surface area (Å²) in [7, 11) is 3.00. The van der Waals surface area contributed by atoms with E-state index in [4.69, 9.17) is 9.47 Å². The van der Waals surface area contributed by atoms with Crippen molar-refractivity contribution in [1.82, 2.24) is 0 Å². The van der Waals surface area contributed by atoms with Gasteiger partial charge in [0.2, 0.25) is 0 Å². The molecule has 5 heteroatoms. The average Bonchev–Trinajstić information content (AvgIpc) is 2.75. The van der Waals surface area contributed by atoms with Crippen molar-refractivity contribution in [3.8, 4) is 23.0 Å². The molecule has 2 rings (SSSR count). The van der Waals surface area contributed by atoms with Crippen LogP contribution in [0.3, 0.4) is 0 Å². The molecular weight excluding hydrogens is 404 g/mol. The molecule has 0 atom stereocenters. The van der Waals surface area contributed by atoms with Crippen LogP contribution < -0.4 is 9.47 Å². The number of carbonyl (C=O) groups excluding carboxylic acids is 1. The van der Waals surface area contributed by atoms with Crippen molar-refractivity contribution in [1.29, 1.82) is 0 Å². The second-order valence-corrected chi connectivity index (χ2v) is 7.25. The normalized spacial score (nSPS) is 11.4. The van der Waals surface area contributed by atoms with Crippen molar-refractivity contribution < 1.29 is 24.5 Å². The smallest absolute Gasteiger partial charge is 0.189 e. The van der Waals surface area contributed by atoms with Gasteiger partial charge in [0.1, 0.15) is 23.0 Å². The highest BCUT2D eigenvalue weighted by atomic mass is 16.5. The van der Waals surface area contributed by atoms with E-state index in [1.54, 1.807) is 42.5 Å². The molecule has 0 unspecified atom stereocenters. The van der Waals surface area contributed by atoms with Crippen molar-refractivity contribution in [2.45, 2.75) is 13.8 Å². The fraction of sp³-hybridized carbons (Fsp3) is 0.148.